The molecule has 0 fully saturated rings. The average Bonchev–Trinajstić information content (AvgIpc) is 2.52. The van der Waals surface area contributed by atoms with Crippen LogP contribution in [0.2, 0.25) is 0 Å². The molecule has 0 aliphatic carbocycles. The summed E-state index contributed by atoms with van der Waals surface area (Å²) in [7, 11) is 1.47. The molecule has 7 nitrogen and oxygen atoms in total. The number of aliphatic carboxylic acids is 1. The number of carbonyl (C=O) groups excluding carboxylic acids is 3. The zero-order valence-electron chi connectivity index (χ0n) is 13.8. The molecule has 0 bridgehead atoms. The second kappa shape index (κ2) is 8.61. The van der Waals surface area contributed by atoms with Crippen molar-refractivity contribution in [3.8, 4) is 0 Å². The summed E-state index contributed by atoms with van der Waals surface area (Å²) in [5.41, 5.74) is 1.23. The van der Waals surface area contributed by atoms with E-state index >= 15 is 0 Å². The van der Waals surface area contributed by atoms with E-state index < -0.39 is 17.8 Å². The molecule has 0 unspecified atom stereocenters. The minimum Gasteiger partial charge on any atom is -0.481 e. The van der Waals surface area contributed by atoms with Crippen molar-refractivity contribution >= 4 is 29.3 Å². The molecule has 128 valence electrons. The topological polar surface area (TPSA) is 104 Å². The van der Waals surface area contributed by atoms with Crippen LogP contribution in [-0.2, 0) is 14.4 Å². The van der Waals surface area contributed by atoms with Crippen molar-refractivity contribution < 1.29 is 24.3 Å². The first kappa shape index (κ1) is 19.1. The highest BCUT2D eigenvalue weighted by Crippen LogP contribution is 2.10. The lowest BCUT2D eigenvalue weighted by atomic mass is 10.1. The van der Waals surface area contributed by atoms with Crippen LogP contribution in [0.3, 0.4) is 0 Å². The molecule has 1 rings (SSSR count). The zero-order chi connectivity index (χ0) is 18.3. The molecule has 2 N–H and O–H groups in total. The Hall–Kier alpha value is -2.96. The molecule has 0 saturated carbocycles. The Kier molecular flexibility index (Phi) is 6.85. The van der Waals surface area contributed by atoms with E-state index in [9.17, 15) is 19.2 Å². The van der Waals surface area contributed by atoms with Crippen molar-refractivity contribution in [3.63, 3.8) is 0 Å². The van der Waals surface area contributed by atoms with Crippen LogP contribution in [0, 0.1) is 0 Å². The highest BCUT2D eigenvalue weighted by Gasteiger charge is 2.13. The van der Waals surface area contributed by atoms with Gasteiger partial charge in [0.2, 0.25) is 11.8 Å². The molecule has 1 aromatic carbocycles. The summed E-state index contributed by atoms with van der Waals surface area (Å²) in [6.07, 6.45) is 0.989. The van der Waals surface area contributed by atoms with Crippen LogP contribution in [0.4, 0.5) is 5.69 Å². The molecule has 24 heavy (non-hydrogen) atoms. The van der Waals surface area contributed by atoms with Crippen LogP contribution >= 0.6 is 0 Å². The molecule has 0 spiro atoms. The van der Waals surface area contributed by atoms with E-state index in [1.807, 2.05) is 0 Å². The van der Waals surface area contributed by atoms with E-state index in [0.29, 0.717) is 11.3 Å². The first-order valence-electron chi connectivity index (χ1n) is 7.28. The molecule has 0 aromatic heterocycles. The van der Waals surface area contributed by atoms with E-state index in [2.05, 4.69) is 5.32 Å². The number of ketones is 1. The van der Waals surface area contributed by atoms with Crippen molar-refractivity contribution in [3.05, 3.63) is 41.5 Å². The lowest BCUT2D eigenvalue weighted by molar-refractivity contribution is -0.137. The van der Waals surface area contributed by atoms with Gasteiger partial charge in [-0.2, -0.15) is 0 Å². The van der Waals surface area contributed by atoms with Gasteiger partial charge in [-0.25, -0.2) is 0 Å². The zero-order valence-corrected chi connectivity index (χ0v) is 13.8. The van der Waals surface area contributed by atoms with Crippen LogP contribution in [0.25, 0.3) is 0 Å². The predicted molar refractivity (Wildman–Crippen MR) is 88.7 cm³/mol. The molecule has 0 atom stereocenters. The molecular formula is C17H20N2O5. The fourth-order valence-corrected chi connectivity index (χ4v) is 1.89. The highest BCUT2D eigenvalue weighted by atomic mass is 16.4. The summed E-state index contributed by atoms with van der Waals surface area (Å²) < 4.78 is 0. The maximum absolute atomic E-state index is 12.0. The molecule has 1 aromatic rings. The van der Waals surface area contributed by atoms with Gasteiger partial charge in [-0.15, -0.1) is 0 Å². The first-order valence-corrected chi connectivity index (χ1v) is 7.28. The van der Waals surface area contributed by atoms with Gasteiger partial charge in [0.15, 0.2) is 5.78 Å². The van der Waals surface area contributed by atoms with Crippen molar-refractivity contribution in [1.82, 2.24) is 4.90 Å². The van der Waals surface area contributed by atoms with Gasteiger partial charge in [-0.3, -0.25) is 19.2 Å². The fraction of sp³-hybridized carbons (Fsp3) is 0.294. The number of likely N-dealkylation sites (N-methyl/N-ethyl adjacent to an activating group) is 1. The number of benzene rings is 1. The number of hydrogen-bond donors (Lipinski definition) is 2. The monoisotopic (exact) mass is 332 g/mol. The first-order chi connectivity index (χ1) is 11.2. The lowest BCUT2D eigenvalue weighted by Gasteiger charge is -2.16. The molecule has 0 saturated heterocycles. The van der Waals surface area contributed by atoms with E-state index in [1.54, 1.807) is 24.3 Å². The predicted octanol–water partition coefficient (Wildman–Crippen LogP) is 1.71. The summed E-state index contributed by atoms with van der Waals surface area (Å²) >= 11 is 0. The van der Waals surface area contributed by atoms with E-state index in [1.165, 1.54) is 25.8 Å². The summed E-state index contributed by atoms with van der Waals surface area (Å²) in [6.45, 7) is 3.00. The summed E-state index contributed by atoms with van der Waals surface area (Å²) in [4.78, 5) is 46.9. The van der Waals surface area contributed by atoms with Crippen LogP contribution in [0.1, 0.15) is 30.6 Å². The van der Waals surface area contributed by atoms with Gasteiger partial charge in [0.1, 0.15) is 0 Å². The van der Waals surface area contributed by atoms with Gasteiger partial charge >= 0.3 is 5.97 Å². The van der Waals surface area contributed by atoms with Crippen molar-refractivity contribution in [2.75, 3.05) is 18.9 Å². The highest BCUT2D eigenvalue weighted by molar-refractivity contribution is 6.06. The van der Waals surface area contributed by atoms with Gasteiger partial charge in [0.05, 0.1) is 6.42 Å². The van der Waals surface area contributed by atoms with Gasteiger partial charge in [-0.05, 0) is 38.1 Å². The number of nitrogens with zero attached hydrogens (tertiary/aromatic N) is 1. The molecule has 0 aliphatic heterocycles. The molecule has 0 aliphatic rings. The summed E-state index contributed by atoms with van der Waals surface area (Å²) in [5, 5.41) is 11.2. The van der Waals surface area contributed by atoms with Gasteiger partial charge < -0.3 is 15.3 Å². The third kappa shape index (κ3) is 6.04. The Morgan fingerprint density at radius 3 is 2.21 bits per heavy atom. The average molecular weight is 332 g/mol. The van der Waals surface area contributed by atoms with Crippen LogP contribution < -0.4 is 5.32 Å². The summed E-state index contributed by atoms with van der Waals surface area (Å²) in [5.74, 6) is -1.97. The second-order valence-electron chi connectivity index (χ2n) is 5.32. The van der Waals surface area contributed by atoms with Gasteiger partial charge in [-0.1, -0.05) is 0 Å². The number of Topliss-reactive ketones (excluding diaryl/α,β-unsaturated/α-hetero) is 1. The third-order valence-corrected chi connectivity index (χ3v) is 3.25. The molecule has 0 heterocycles. The Morgan fingerprint density at radius 1 is 1.12 bits per heavy atom. The Morgan fingerprint density at radius 2 is 1.71 bits per heavy atom. The van der Waals surface area contributed by atoms with Crippen LogP contribution in [0.5, 0.6) is 0 Å². The van der Waals surface area contributed by atoms with Crippen LogP contribution in [-0.4, -0.2) is 47.2 Å². The second-order valence-corrected chi connectivity index (χ2v) is 5.32. The van der Waals surface area contributed by atoms with Gasteiger partial charge in [0.25, 0.3) is 0 Å². The quantitative estimate of drug-likeness (QED) is 0.584. The van der Waals surface area contributed by atoms with Gasteiger partial charge in [0, 0.05) is 36.5 Å². The van der Waals surface area contributed by atoms with Crippen LogP contribution in [0.15, 0.2) is 35.9 Å². The summed E-state index contributed by atoms with van der Waals surface area (Å²) in [6, 6.07) is 6.38. The Balaban J connectivity index is 2.66. The lowest BCUT2D eigenvalue weighted by Crippen LogP contribution is -2.30. The number of nitrogens with one attached hydrogen (secondary N) is 1. The smallest absolute Gasteiger partial charge is 0.305 e. The third-order valence-electron chi connectivity index (χ3n) is 3.25. The fourth-order valence-electron chi connectivity index (χ4n) is 1.89. The van der Waals surface area contributed by atoms with E-state index in [4.69, 9.17) is 5.11 Å². The Bertz CT molecular complexity index is 677. The minimum atomic E-state index is -0.997. The molecular weight excluding hydrogens is 312 g/mol. The minimum absolute atomic E-state index is 0.0630. The van der Waals surface area contributed by atoms with E-state index in [0.717, 1.165) is 6.08 Å². The SMILES string of the molecule is CC(=O)c1ccc(NC(=O)/C=C(/C)C(=O)N(C)CCC(=O)O)cc1. The largest absolute Gasteiger partial charge is 0.481 e. The molecule has 2 amide bonds. The maximum atomic E-state index is 12.0. The van der Waals surface area contributed by atoms with E-state index in [-0.39, 0.29) is 24.3 Å². The number of carbonyl (C=O) groups is 4. The number of rotatable bonds is 7. The number of hydrogen-bond acceptors (Lipinski definition) is 4. The van der Waals surface area contributed by atoms with Crippen molar-refractivity contribution in [1.29, 1.82) is 0 Å². The maximum Gasteiger partial charge on any atom is 0.305 e. The number of amides is 2. The number of carboxylic acids is 1. The standard InChI is InChI=1S/C17H20N2O5/c1-11(17(24)19(3)9-8-16(22)23)10-15(21)18-14-6-4-13(5-7-14)12(2)20/h4-7,10H,8-9H2,1-3H3,(H,18,21)(H,22,23)/b11-10-. The van der Waals surface area contributed by atoms with Crippen molar-refractivity contribution in [2.45, 2.75) is 20.3 Å². The molecule has 7 heteroatoms. The number of anilines is 1. The Labute approximate surface area is 140 Å². The van der Waals surface area contributed by atoms with Crippen molar-refractivity contribution in [2.24, 2.45) is 0 Å². The number of carboxylic acid groups (broad SMARTS) is 1. The molecule has 0 radical (unpaired) electrons. The normalized spacial score (nSPS) is 10.9.